The van der Waals surface area contributed by atoms with E-state index in [9.17, 15) is 10.2 Å². The van der Waals surface area contributed by atoms with Crippen molar-refractivity contribution in [1.82, 2.24) is 0 Å². The summed E-state index contributed by atoms with van der Waals surface area (Å²) in [7, 11) is 0. The van der Waals surface area contributed by atoms with Gasteiger partial charge >= 0.3 is 0 Å². The molecule has 4 heteroatoms. The Kier molecular flexibility index (Phi) is 3.02. The average molecular weight is 258 g/mol. The number of phenolic OH excluding ortho intramolecular Hbond substituents is 2. The summed E-state index contributed by atoms with van der Waals surface area (Å²) in [5, 5.41) is 20.2. The molecular formula is C15H18N2O2. The van der Waals surface area contributed by atoms with E-state index in [0.717, 1.165) is 0 Å². The molecule has 0 spiro atoms. The maximum absolute atomic E-state index is 10.1. The molecule has 2 aromatic rings. The van der Waals surface area contributed by atoms with Gasteiger partial charge in [0.1, 0.15) is 11.5 Å². The Bertz CT molecular complexity index is 568. The van der Waals surface area contributed by atoms with Gasteiger partial charge in [-0.3, -0.25) is 0 Å². The van der Waals surface area contributed by atoms with Gasteiger partial charge in [0.2, 0.25) is 0 Å². The predicted molar refractivity (Wildman–Crippen MR) is 77.2 cm³/mol. The fourth-order valence-electron chi connectivity index (χ4n) is 2.28. The molecule has 4 nitrogen and oxygen atoms in total. The van der Waals surface area contributed by atoms with E-state index in [1.165, 1.54) is 0 Å². The number of rotatable bonds is 2. The minimum atomic E-state index is -0.612. The number of hydrogen-bond donors (Lipinski definition) is 4. The highest BCUT2D eigenvalue weighted by Crippen LogP contribution is 2.43. The first kappa shape index (κ1) is 13.1. The van der Waals surface area contributed by atoms with Crippen LogP contribution in [0, 0.1) is 0 Å². The SMILES string of the molecule is CC(C)(c1cccc(N)c1O)c1cccc(N)c1O. The minimum Gasteiger partial charge on any atom is -0.505 e. The first-order chi connectivity index (χ1) is 8.85. The Morgan fingerprint density at radius 2 is 1.16 bits per heavy atom. The molecule has 6 N–H and O–H groups in total. The van der Waals surface area contributed by atoms with Crippen molar-refractivity contribution < 1.29 is 10.2 Å². The minimum absolute atomic E-state index is 0.0364. The molecule has 2 rings (SSSR count). The van der Waals surface area contributed by atoms with Gasteiger partial charge in [0.25, 0.3) is 0 Å². The Labute approximate surface area is 112 Å². The summed E-state index contributed by atoms with van der Waals surface area (Å²) in [6.07, 6.45) is 0. The van der Waals surface area contributed by atoms with Crippen molar-refractivity contribution >= 4 is 11.4 Å². The highest BCUT2D eigenvalue weighted by atomic mass is 16.3. The van der Waals surface area contributed by atoms with Gasteiger partial charge < -0.3 is 21.7 Å². The lowest BCUT2D eigenvalue weighted by molar-refractivity contribution is 0.438. The second-order valence-electron chi connectivity index (χ2n) is 5.11. The van der Waals surface area contributed by atoms with Crippen molar-refractivity contribution in [3.63, 3.8) is 0 Å². The van der Waals surface area contributed by atoms with Crippen molar-refractivity contribution in [2.24, 2.45) is 0 Å². The molecule has 0 aliphatic carbocycles. The van der Waals surface area contributed by atoms with Gasteiger partial charge in [-0.2, -0.15) is 0 Å². The van der Waals surface area contributed by atoms with E-state index in [-0.39, 0.29) is 11.5 Å². The number of benzene rings is 2. The summed E-state index contributed by atoms with van der Waals surface area (Å²) in [4.78, 5) is 0. The lowest BCUT2D eigenvalue weighted by atomic mass is 9.77. The Morgan fingerprint density at radius 3 is 1.53 bits per heavy atom. The van der Waals surface area contributed by atoms with Crippen LogP contribution >= 0.6 is 0 Å². The maximum atomic E-state index is 10.1. The van der Waals surface area contributed by atoms with Crippen LogP contribution in [0.15, 0.2) is 36.4 Å². The molecule has 0 fully saturated rings. The van der Waals surface area contributed by atoms with E-state index in [2.05, 4.69) is 0 Å². The summed E-state index contributed by atoms with van der Waals surface area (Å²) >= 11 is 0. The van der Waals surface area contributed by atoms with Gasteiger partial charge in [-0.15, -0.1) is 0 Å². The van der Waals surface area contributed by atoms with Gasteiger partial charge in [0, 0.05) is 16.5 Å². The summed E-state index contributed by atoms with van der Waals surface area (Å²) in [6, 6.07) is 10.4. The largest absolute Gasteiger partial charge is 0.505 e. The molecule has 0 aliphatic heterocycles. The molecule has 0 saturated heterocycles. The fourth-order valence-corrected chi connectivity index (χ4v) is 2.28. The summed E-state index contributed by atoms with van der Waals surface area (Å²) in [5.74, 6) is 0.0728. The molecule has 0 atom stereocenters. The summed E-state index contributed by atoms with van der Waals surface area (Å²) < 4.78 is 0. The molecule has 0 amide bonds. The molecule has 100 valence electrons. The lowest BCUT2D eigenvalue weighted by Gasteiger charge is -2.28. The average Bonchev–Trinajstić information content (AvgIpc) is 2.35. The topological polar surface area (TPSA) is 92.5 Å². The van der Waals surface area contributed by atoms with Crippen molar-refractivity contribution in [2.45, 2.75) is 19.3 Å². The third kappa shape index (κ3) is 2.05. The number of phenols is 2. The number of para-hydroxylation sites is 2. The zero-order valence-electron chi connectivity index (χ0n) is 11.0. The molecule has 2 aromatic carbocycles. The third-order valence-corrected chi connectivity index (χ3v) is 3.48. The summed E-state index contributed by atoms with van der Waals surface area (Å²) in [5.41, 5.74) is 12.8. The molecule has 0 unspecified atom stereocenters. The molecule has 19 heavy (non-hydrogen) atoms. The van der Waals surface area contributed by atoms with Crippen molar-refractivity contribution in [1.29, 1.82) is 0 Å². The smallest absolute Gasteiger partial charge is 0.142 e. The Balaban J connectivity index is 2.65. The molecule has 0 radical (unpaired) electrons. The fraction of sp³-hybridized carbons (Fsp3) is 0.200. The molecule has 0 aromatic heterocycles. The monoisotopic (exact) mass is 258 g/mol. The van der Waals surface area contributed by atoms with Crippen LogP contribution in [0.1, 0.15) is 25.0 Å². The number of hydrogen-bond acceptors (Lipinski definition) is 4. The first-order valence-corrected chi connectivity index (χ1v) is 6.01. The predicted octanol–water partition coefficient (Wildman–Crippen LogP) is 2.59. The van der Waals surface area contributed by atoms with Crippen molar-refractivity contribution in [3.8, 4) is 11.5 Å². The highest BCUT2D eigenvalue weighted by molar-refractivity contribution is 5.64. The van der Waals surface area contributed by atoms with Crippen LogP contribution in [-0.4, -0.2) is 10.2 Å². The Morgan fingerprint density at radius 1 is 0.789 bits per heavy atom. The second-order valence-corrected chi connectivity index (χ2v) is 5.11. The second kappa shape index (κ2) is 4.39. The van der Waals surface area contributed by atoms with E-state index < -0.39 is 5.41 Å². The molecule has 0 heterocycles. The van der Waals surface area contributed by atoms with E-state index in [4.69, 9.17) is 11.5 Å². The van der Waals surface area contributed by atoms with Crippen LogP contribution in [0.3, 0.4) is 0 Å². The van der Waals surface area contributed by atoms with Crippen LogP contribution in [0.2, 0.25) is 0 Å². The maximum Gasteiger partial charge on any atom is 0.142 e. The van der Waals surface area contributed by atoms with Crippen LogP contribution in [0.25, 0.3) is 0 Å². The van der Waals surface area contributed by atoms with Crippen molar-refractivity contribution in [3.05, 3.63) is 47.5 Å². The third-order valence-electron chi connectivity index (χ3n) is 3.48. The van der Waals surface area contributed by atoms with Gasteiger partial charge in [-0.05, 0) is 12.1 Å². The zero-order chi connectivity index (χ0) is 14.2. The number of nitrogens with two attached hydrogens (primary N) is 2. The number of anilines is 2. The van der Waals surface area contributed by atoms with E-state index in [1.54, 1.807) is 36.4 Å². The molecule has 0 bridgehead atoms. The highest BCUT2D eigenvalue weighted by Gasteiger charge is 2.30. The van der Waals surface area contributed by atoms with Crippen LogP contribution in [-0.2, 0) is 5.41 Å². The van der Waals surface area contributed by atoms with E-state index >= 15 is 0 Å². The normalized spacial score (nSPS) is 11.5. The van der Waals surface area contributed by atoms with E-state index in [1.807, 2.05) is 13.8 Å². The van der Waals surface area contributed by atoms with Crippen LogP contribution < -0.4 is 11.5 Å². The molecule has 0 saturated carbocycles. The Hall–Kier alpha value is -2.36. The van der Waals surface area contributed by atoms with Crippen LogP contribution in [0.5, 0.6) is 11.5 Å². The number of nitrogen functional groups attached to an aromatic ring is 2. The lowest BCUT2D eigenvalue weighted by Crippen LogP contribution is -2.20. The van der Waals surface area contributed by atoms with Crippen LogP contribution in [0.4, 0.5) is 11.4 Å². The first-order valence-electron chi connectivity index (χ1n) is 6.01. The zero-order valence-corrected chi connectivity index (χ0v) is 11.0. The summed E-state index contributed by atoms with van der Waals surface area (Å²) in [6.45, 7) is 3.80. The number of aromatic hydroxyl groups is 2. The van der Waals surface area contributed by atoms with Gasteiger partial charge in [-0.1, -0.05) is 38.1 Å². The van der Waals surface area contributed by atoms with Gasteiger partial charge in [0.05, 0.1) is 11.4 Å². The van der Waals surface area contributed by atoms with Crippen molar-refractivity contribution in [2.75, 3.05) is 11.5 Å². The standard InChI is InChI=1S/C15H18N2O2/c1-15(2,9-5-3-7-11(16)13(9)18)10-6-4-8-12(17)14(10)19/h3-8,18-19H,16-17H2,1-2H3. The van der Waals surface area contributed by atoms with E-state index in [0.29, 0.717) is 22.5 Å². The van der Waals surface area contributed by atoms with Gasteiger partial charge in [-0.25, -0.2) is 0 Å². The quantitative estimate of drug-likeness (QED) is 0.492. The van der Waals surface area contributed by atoms with Gasteiger partial charge in [0.15, 0.2) is 0 Å². The molecule has 0 aliphatic rings. The molecular weight excluding hydrogens is 240 g/mol.